The molecular weight excluding hydrogens is 268 g/mol. The number of hydrogen-bond donors (Lipinski definition) is 2. The molecular formula is C16H22N2OS. The molecule has 0 aliphatic carbocycles. The van der Waals surface area contributed by atoms with E-state index in [4.69, 9.17) is 0 Å². The summed E-state index contributed by atoms with van der Waals surface area (Å²) in [5, 5.41) is 14.1. The Hall–Kier alpha value is -1.23. The molecule has 0 amide bonds. The summed E-state index contributed by atoms with van der Waals surface area (Å²) in [6, 6.07) is 8.42. The molecule has 1 aromatic heterocycles. The number of nitrogens with zero attached hydrogens (tertiary/aromatic N) is 1. The van der Waals surface area contributed by atoms with Crippen molar-refractivity contribution in [1.82, 2.24) is 10.3 Å². The molecule has 1 atom stereocenters. The molecule has 0 fully saturated rings. The van der Waals surface area contributed by atoms with Crippen LogP contribution in [0.1, 0.15) is 24.3 Å². The van der Waals surface area contributed by atoms with E-state index in [1.165, 1.54) is 10.4 Å². The Morgan fingerprint density at radius 2 is 1.95 bits per heavy atom. The van der Waals surface area contributed by atoms with Gasteiger partial charge in [0.25, 0.3) is 0 Å². The van der Waals surface area contributed by atoms with Crippen molar-refractivity contribution in [2.75, 3.05) is 6.54 Å². The normalized spacial score (nSPS) is 12.8. The van der Waals surface area contributed by atoms with Crippen molar-refractivity contribution >= 4 is 11.3 Å². The predicted octanol–water partition coefficient (Wildman–Crippen LogP) is 3.23. The van der Waals surface area contributed by atoms with Crippen LogP contribution in [0.4, 0.5) is 0 Å². The Morgan fingerprint density at radius 1 is 1.25 bits per heavy atom. The summed E-state index contributed by atoms with van der Waals surface area (Å²) < 4.78 is 0. The second-order valence-electron chi connectivity index (χ2n) is 5.44. The second kappa shape index (κ2) is 6.97. The first-order chi connectivity index (χ1) is 9.56. The van der Waals surface area contributed by atoms with E-state index in [1.807, 2.05) is 20.0 Å². The molecule has 1 aromatic carbocycles. The Bertz CT molecular complexity index is 534. The molecule has 3 nitrogen and oxygen atoms in total. The molecule has 0 spiro atoms. The van der Waals surface area contributed by atoms with Gasteiger partial charge in [-0.3, -0.25) is 0 Å². The molecule has 0 aliphatic rings. The zero-order valence-corrected chi connectivity index (χ0v) is 13.1. The number of aromatic nitrogens is 1. The highest BCUT2D eigenvalue weighted by Gasteiger charge is 2.09. The lowest BCUT2D eigenvalue weighted by molar-refractivity contribution is 0.123. The van der Waals surface area contributed by atoms with E-state index in [1.54, 1.807) is 11.3 Å². The minimum atomic E-state index is -0.292. The number of hydrogen-bond acceptors (Lipinski definition) is 4. The predicted molar refractivity (Wildman–Crippen MR) is 84.8 cm³/mol. The molecule has 2 N–H and O–H groups in total. The van der Waals surface area contributed by atoms with Crippen LogP contribution in [0.25, 0.3) is 10.6 Å². The SMILES string of the molecule is Cc1ccc(-c2ncc(CNCC(O)C(C)C)s2)cc1. The van der Waals surface area contributed by atoms with Crippen LogP contribution in [0, 0.1) is 12.8 Å². The van der Waals surface area contributed by atoms with Crippen LogP contribution in [0.3, 0.4) is 0 Å². The van der Waals surface area contributed by atoms with Gasteiger partial charge in [0.15, 0.2) is 0 Å². The molecule has 2 aromatic rings. The number of aliphatic hydroxyl groups excluding tert-OH is 1. The van der Waals surface area contributed by atoms with Crippen molar-refractivity contribution in [2.24, 2.45) is 5.92 Å². The van der Waals surface area contributed by atoms with Crippen molar-refractivity contribution in [3.8, 4) is 10.6 Å². The van der Waals surface area contributed by atoms with Gasteiger partial charge in [-0.2, -0.15) is 0 Å². The summed E-state index contributed by atoms with van der Waals surface area (Å²) in [6.45, 7) is 7.51. The van der Waals surface area contributed by atoms with E-state index < -0.39 is 0 Å². The highest BCUT2D eigenvalue weighted by molar-refractivity contribution is 7.15. The average molecular weight is 290 g/mol. The van der Waals surface area contributed by atoms with Crippen molar-refractivity contribution in [2.45, 2.75) is 33.4 Å². The third-order valence-electron chi connectivity index (χ3n) is 3.27. The molecule has 0 saturated carbocycles. The van der Waals surface area contributed by atoms with Crippen molar-refractivity contribution in [3.63, 3.8) is 0 Å². The lowest BCUT2D eigenvalue weighted by atomic mass is 10.1. The number of aliphatic hydroxyl groups is 1. The first-order valence-electron chi connectivity index (χ1n) is 6.97. The molecule has 4 heteroatoms. The minimum Gasteiger partial charge on any atom is -0.392 e. The average Bonchev–Trinajstić information content (AvgIpc) is 2.88. The van der Waals surface area contributed by atoms with E-state index in [0.717, 1.165) is 17.1 Å². The third-order valence-corrected chi connectivity index (χ3v) is 4.32. The Balaban J connectivity index is 1.91. The molecule has 0 bridgehead atoms. The largest absolute Gasteiger partial charge is 0.392 e. The topological polar surface area (TPSA) is 45.2 Å². The number of aryl methyl sites for hydroxylation is 1. The monoisotopic (exact) mass is 290 g/mol. The standard InChI is InChI=1S/C16H22N2OS/c1-11(2)15(19)10-17-8-14-9-18-16(20-14)13-6-4-12(3)5-7-13/h4-7,9,11,15,17,19H,8,10H2,1-3H3. The van der Waals surface area contributed by atoms with E-state index in [-0.39, 0.29) is 12.0 Å². The van der Waals surface area contributed by atoms with Gasteiger partial charge in [-0.05, 0) is 12.8 Å². The molecule has 0 aliphatic heterocycles. The number of thiazole rings is 1. The highest BCUT2D eigenvalue weighted by atomic mass is 32.1. The van der Waals surface area contributed by atoms with Crippen LogP contribution in [0.2, 0.25) is 0 Å². The van der Waals surface area contributed by atoms with Crippen LogP contribution in [-0.2, 0) is 6.54 Å². The van der Waals surface area contributed by atoms with Crippen molar-refractivity contribution in [1.29, 1.82) is 0 Å². The van der Waals surface area contributed by atoms with E-state index in [2.05, 4.69) is 41.5 Å². The maximum absolute atomic E-state index is 9.74. The molecule has 108 valence electrons. The summed E-state index contributed by atoms with van der Waals surface area (Å²) in [4.78, 5) is 5.66. The fraction of sp³-hybridized carbons (Fsp3) is 0.438. The van der Waals surface area contributed by atoms with Gasteiger partial charge in [-0.15, -0.1) is 11.3 Å². The summed E-state index contributed by atoms with van der Waals surface area (Å²) in [7, 11) is 0. The Morgan fingerprint density at radius 3 is 2.60 bits per heavy atom. The van der Waals surface area contributed by atoms with Gasteiger partial charge >= 0.3 is 0 Å². The Kier molecular flexibility index (Phi) is 5.29. The number of nitrogens with one attached hydrogen (secondary N) is 1. The quantitative estimate of drug-likeness (QED) is 0.858. The third kappa shape index (κ3) is 4.13. The fourth-order valence-corrected chi connectivity index (χ4v) is 2.69. The van der Waals surface area contributed by atoms with Gasteiger partial charge in [-0.25, -0.2) is 4.98 Å². The van der Waals surface area contributed by atoms with Gasteiger partial charge < -0.3 is 10.4 Å². The van der Waals surface area contributed by atoms with Crippen molar-refractivity contribution in [3.05, 3.63) is 40.9 Å². The number of rotatable bonds is 6. The van der Waals surface area contributed by atoms with Gasteiger partial charge in [0, 0.05) is 29.7 Å². The van der Waals surface area contributed by atoms with Crippen LogP contribution in [-0.4, -0.2) is 22.7 Å². The van der Waals surface area contributed by atoms with Crippen molar-refractivity contribution < 1.29 is 5.11 Å². The summed E-state index contributed by atoms with van der Waals surface area (Å²) in [5.41, 5.74) is 2.42. The maximum atomic E-state index is 9.74. The fourth-order valence-electron chi connectivity index (χ4n) is 1.80. The van der Waals surface area contributed by atoms with Crippen LogP contribution in [0.5, 0.6) is 0 Å². The Labute approximate surface area is 124 Å². The highest BCUT2D eigenvalue weighted by Crippen LogP contribution is 2.25. The zero-order chi connectivity index (χ0) is 14.5. The minimum absolute atomic E-state index is 0.284. The summed E-state index contributed by atoms with van der Waals surface area (Å²) in [5.74, 6) is 0.284. The molecule has 0 radical (unpaired) electrons. The van der Waals surface area contributed by atoms with Gasteiger partial charge in [0.2, 0.25) is 0 Å². The molecule has 1 heterocycles. The molecule has 20 heavy (non-hydrogen) atoms. The van der Waals surface area contributed by atoms with Crippen LogP contribution < -0.4 is 5.32 Å². The number of benzene rings is 1. The van der Waals surface area contributed by atoms with E-state index in [9.17, 15) is 5.11 Å². The molecule has 1 unspecified atom stereocenters. The molecule has 2 rings (SSSR count). The molecule has 0 saturated heterocycles. The summed E-state index contributed by atoms with van der Waals surface area (Å²) in [6.07, 6.45) is 1.62. The van der Waals surface area contributed by atoms with E-state index >= 15 is 0 Å². The lowest BCUT2D eigenvalue weighted by Crippen LogP contribution is -2.29. The van der Waals surface area contributed by atoms with Gasteiger partial charge in [0.1, 0.15) is 5.01 Å². The zero-order valence-electron chi connectivity index (χ0n) is 12.3. The van der Waals surface area contributed by atoms with Gasteiger partial charge in [0.05, 0.1) is 6.10 Å². The lowest BCUT2D eigenvalue weighted by Gasteiger charge is -2.14. The maximum Gasteiger partial charge on any atom is 0.123 e. The van der Waals surface area contributed by atoms with Crippen LogP contribution >= 0.6 is 11.3 Å². The van der Waals surface area contributed by atoms with Gasteiger partial charge in [-0.1, -0.05) is 43.7 Å². The smallest absolute Gasteiger partial charge is 0.123 e. The van der Waals surface area contributed by atoms with E-state index in [0.29, 0.717) is 6.54 Å². The first kappa shape index (κ1) is 15.2. The first-order valence-corrected chi connectivity index (χ1v) is 7.78. The van der Waals surface area contributed by atoms with Crippen LogP contribution in [0.15, 0.2) is 30.5 Å². The summed E-state index contributed by atoms with van der Waals surface area (Å²) >= 11 is 1.70. The second-order valence-corrected chi connectivity index (χ2v) is 6.56.